The molecule has 0 aliphatic carbocycles. The summed E-state index contributed by atoms with van der Waals surface area (Å²) in [6.45, 7) is 0. The Hall–Kier alpha value is -3.34. The van der Waals surface area contributed by atoms with E-state index in [1.54, 1.807) is 6.20 Å². The summed E-state index contributed by atoms with van der Waals surface area (Å²) in [5.41, 5.74) is 3.16. The molecule has 136 valence electrons. The van der Waals surface area contributed by atoms with Gasteiger partial charge >= 0.3 is 5.97 Å². The van der Waals surface area contributed by atoms with Gasteiger partial charge in [-0.3, -0.25) is 9.59 Å². The summed E-state index contributed by atoms with van der Waals surface area (Å²) in [5, 5.41) is 11.6. The molecule has 2 aromatic heterocycles. The molecule has 4 aromatic rings. The maximum Gasteiger partial charge on any atom is 0.311 e. The summed E-state index contributed by atoms with van der Waals surface area (Å²) in [6, 6.07) is 15.3. The van der Waals surface area contributed by atoms with Gasteiger partial charge in [0, 0.05) is 60.3 Å². The van der Waals surface area contributed by atoms with E-state index in [9.17, 15) is 14.7 Å². The summed E-state index contributed by atoms with van der Waals surface area (Å²) >= 11 is 0. The first-order chi connectivity index (χ1) is 13.0. The highest BCUT2D eigenvalue weighted by Crippen LogP contribution is 2.32. The number of fused-ring (bicyclic) bond motifs is 2. The maximum absolute atomic E-state index is 13.0. The van der Waals surface area contributed by atoms with Crippen molar-refractivity contribution in [2.45, 2.75) is 12.3 Å². The Labute approximate surface area is 156 Å². The van der Waals surface area contributed by atoms with Crippen LogP contribution in [0.2, 0.25) is 0 Å². The van der Waals surface area contributed by atoms with Gasteiger partial charge in [0.1, 0.15) is 0 Å². The highest BCUT2D eigenvalue weighted by atomic mass is 16.4. The number of benzene rings is 2. The standard InChI is InChI=1S/C22H20N2O3/c1-23-12-17(14-7-3-5-9-19(14)23)16(22(26)27)11-21(25)18-13-24(2)20-10-6-4-8-15(18)20/h3-10,12-13,16H,11H2,1-2H3,(H,26,27). The van der Waals surface area contributed by atoms with E-state index < -0.39 is 11.9 Å². The van der Waals surface area contributed by atoms with Gasteiger partial charge < -0.3 is 14.2 Å². The number of carbonyl (C=O) groups excluding carboxylic acids is 1. The summed E-state index contributed by atoms with van der Waals surface area (Å²) < 4.78 is 3.80. The molecule has 5 nitrogen and oxygen atoms in total. The van der Waals surface area contributed by atoms with Gasteiger partial charge in [0.05, 0.1) is 5.92 Å². The van der Waals surface area contributed by atoms with Crippen molar-refractivity contribution in [2.24, 2.45) is 14.1 Å². The molecular weight excluding hydrogens is 340 g/mol. The van der Waals surface area contributed by atoms with Crippen LogP contribution in [0, 0.1) is 0 Å². The first-order valence-electron chi connectivity index (χ1n) is 8.81. The number of ketones is 1. The number of nitrogens with zero attached hydrogens (tertiary/aromatic N) is 2. The topological polar surface area (TPSA) is 64.2 Å². The molecule has 0 spiro atoms. The number of aromatic nitrogens is 2. The second kappa shape index (κ2) is 6.43. The fourth-order valence-electron chi connectivity index (χ4n) is 3.84. The van der Waals surface area contributed by atoms with Crippen molar-refractivity contribution in [2.75, 3.05) is 0 Å². The molecule has 27 heavy (non-hydrogen) atoms. The molecular formula is C22H20N2O3. The van der Waals surface area contributed by atoms with E-state index in [-0.39, 0.29) is 12.2 Å². The van der Waals surface area contributed by atoms with Gasteiger partial charge in [-0.05, 0) is 17.7 Å². The van der Waals surface area contributed by atoms with Crippen molar-refractivity contribution in [3.63, 3.8) is 0 Å². The van der Waals surface area contributed by atoms with Crippen LogP contribution in [0.25, 0.3) is 21.8 Å². The first kappa shape index (κ1) is 17.1. The Morgan fingerprint density at radius 1 is 0.889 bits per heavy atom. The van der Waals surface area contributed by atoms with Crippen LogP contribution in [0.3, 0.4) is 0 Å². The molecule has 0 radical (unpaired) electrons. The van der Waals surface area contributed by atoms with Crippen molar-refractivity contribution in [1.82, 2.24) is 9.13 Å². The molecule has 0 fully saturated rings. The predicted molar refractivity (Wildman–Crippen MR) is 105 cm³/mol. The average Bonchev–Trinajstić information content (AvgIpc) is 3.18. The fraction of sp³-hybridized carbons (Fsp3) is 0.182. The Bertz CT molecular complexity index is 1180. The number of aliphatic carboxylic acids is 1. The second-order valence-electron chi connectivity index (χ2n) is 6.90. The number of aryl methyl sites for hydroxylation is 2. The highest BCUT2D eigenvalue weighted by Gasteiger charge is 2.28. The largest absolute Gasteiger partial charge is 0.481 e. The molecule has 0 amide bonds. The van der Waals surface area contributed by atoms with E-state index in [1.165, 1.54) is 0 Å². The van der Waals surface area contributed by atoms with E-state index in [4.69, 9.17) is 0 Å². The number of Topliss-reactive ketones (excluding diaryl/α,β-unsaturated/α-hetero) is 1. The van der Waals surface area contributed by atoms with Gasteiger partial charge in [-0.2, -0.15) is 0 Å². The molecule has 2 aromatic carbocycles. The van der Waals surface area contributed by atoms with Crippen LogP contribution in [-0.2, 0) is 18.9 Å². The van der Waals surface area contributed by atoms with Crippen molar-refractivity contribution in [3.8, 4) is 0 Å². The lowest BCUT2D eigenvalue weighted by Gasteiger charge is -2.11. The molecule has 1 atom stereocenters. The zero-order valence-corrected chi connectivity index (χ0v) is 15.2. The average molecular weight is 360 g/mol. The SMILES string of the molecule is Cn1cc(C(=O)CC(C(=O)O)c2cn(C)c3ccccc23)c2ccccc21. The number of hydrogen-bond acceptors (Lipinski definition) is 2. The second-order valence-corrected chi connectivity index (χ2v) is 6.90. The number of rotatable bonds is 5. The minimum atomic E-state index is -0.986. The van der Waals surface area contributed by atoms with E-state index in [0.717, 1.165) is 21.8 Å². The van der Waals surface area contributed by atoms with E-state index in [0.29, 0.717) is 11.1 Å². The summed E-state index contributed by atoms with van der Waals surface area (Å²) in [4.78, 5) is 25.0. The molecule has 0 bridgehead atoms. The van der Waals surface area contributed by atoms with Crippen LogP contribution in [0.1, 0.15) is 28.3 Å². The molecule has 1 unspecified atom stereocenters. The molecule has 5 heteroatoms. The normalized spacial score (nSPS) is 12.5. The van der Waals surface area contributed by atoms with Gasteiger partial charge in [0.2, 0.25) is 0 Å². The zero-order valence-electron chi connectivity index (χ0n) is 15.2. The third kappa shape index (κ3) is 2.81. The third-order valence-electron chi connectivity index (χ3n) is 5.19. The number of para-hydroxylation sites is 2. The van der Waals surface area contributed by atoms with E-state index >= 15 is 0 Å². The Morgan fingerprint density at radius 2 is 1.44 bits per heavy atom. The molecule has 1 N–H and O–H groups in total. The minimum Gasteiger partial charge on any atom is -0.481 e. The van der Waals surface area contributed by atoms with Gasteiger partial charge in [-0.15, -0.1) is 0 Å². The van der Waals surface area contributed by atoms with Crippen molar-refractivity contribution in [1.29, 1.82) is 0 Å². The summed E-state index contributed by atoms with van der Waals surface area (Å²) in [7, 11) is 3.77. The molecule has 0 saturated heterocycles. The summed E-state index contributed by atoms with van der Waals surface area (Å²) in [5.74, 6) is -2.03. The van der Waals surface area contributed by atoms with Crippen LogP contribution in [0.5, 0.6) is 0 Å². The smallest absolute Gasteiger partial charge is 0.311 e. The number of carbonyl (C=O) groups is 2. The van der Waals surface area contributed by atoms with Crippen LogP contribution in [0.15, 0.2) is 60.9 Å². The number of hydrogen-bond donors (Lipinski definition) is 1. The Morgan fingerprint density at radius 3 is 2.11 bits per heavy atom. The maximum atomic E-state index is 13.0. The first-order valence-corrected chi connectivity index (χ1v) is 8.81. The van der Waals surface area contributed by atoms with Gasteiger partial charge in [0.25, 0.3) is 0 Å². The monoisotopic (exact) mass is 360 g/mol. The van der Waals surface area contributed by atoms with Crippen LogP contribution >= 0.6 is 0 Å². The quantitative estimate of drug-likeness (QED) is 0.545. The molecule has 0 aliphatic rings. The zero-order chi connectivity index (χ0) is 19.1. The van der Waals surface area contributed by atoms with E-state index in [1.807, 2.05) is 78.0 Å². The third-order valence-corrected chi connectivity index (χ3v) is 5.19. The lowest BCUT2D eigenvalue weighted by Crippen LogP contribution is -2.16. The van der Waals surface area contributed by atoms with E-state index in [2.05, 4.69) is 0 Å². The molecule has 2 heterocycles. The fourth-order valence-corrected chi connectivity index (χ4v) is 3.84. The van der Waals surface area contributed by atoms with Crippen molar-refractivity contribution >= 4 is 33.6 Å². The summed E-state index contributed by atoms with van der Waals surface area (Å²) in [6.07, 6.45) is 3.53. The lowest BCUT2D eigenvalue weighted by molar-refractivity contribution is -0.138. The number of carboxylic acid groups (broad SMARTS) is 1. The Kier molecular flexibility index (Phi) is 4.07. The van der Waals surface area contributed by atoms with Crippen molar-refractivity contribution < 1.29 is 14.7 Å². The van der Waals surface area contributed by atoms with Gasteiger partial charge in [0.15, 0.2) is 5.78 Å². The van der Waals surface area contributed by atoms with Crippen LogP contribution in [0.4, 0.5) is 0 Å². The van der Waals surface area contributed by atoms with Crippen LogP contribution in [-0.4, -0.2) is 26.0 Å². The predicted octanol–water partition coefficient (Wildman–Crippen LogP) is 4.11. The van der Waals surface area contributed by atoms with Crippen molar-refractivity contribution in [3.05, 3.63) is 72.1 Å². The molecule has 4 rings (SSSR count). The minimum absolute atomic E-state index is 0.0721. The van der Waals surface area contributed by atoms with Crippen LogP contribution < -0.4 is 0 Å². The van der Waals surface area contributed by atoms with Gasteiger partial charge in [-0.1, -0.05) is 36.4 Å². The Balaban J connectivity index is 1.75. The number of carboxylic acids is 1. The highest BCUT2D eigenvalue weighted by molar-refractivity contribution is 6.09. The molecule has 0 saturated carbocycles. The molecule has 0 aliphatic heterocycles. The lowest BCUT2D eigenvalue weighted by atomic mass is 9.91. The van der Waals surface area contributed by atoms with Gasteiger partial charge in [-0.25, -0.2) is 0 Å².